The number of fused-ring (bicyclic) bond motifs is 2. The largest absolute Gasteiger partial charge is 0.472 e. The molecule has 6 aliphatic carbocycles. The standard InChI is InChI=1S/C11H19ClO.C9H12O.C7H11ClO.C7H9ClO.C6H9ClO.2C5H3ClO2.C5H3ClOS.C2H6/c1-11(2,3)9-6-4-8(5-7-9)10(12)13;1-6(10)9-5-7-2-3-8(9)4-7;2*8-7(9)6-4-2-1-3-5-6;7-6(8)5-3-1-2-4-5;6-5(7)4-1-2-8-3-4;2*6-5(7)4-2-1-3-8-4;1-2/h8-9H,4-7H2,1-3H3;2-3,7-9H,4-5H2,1H3;6H,1-5H2;1-2,6H,3-5H2;5H,1-4H2;3*1-3H;1-2H3. The van der Waals surface area contributed by atoms with Crippen molar-refractivity contribution in [3.05, 3.63) is 95.0 Å². The highest BCUT2D eigenvalue weighted by Crippen LogP contribution is 2.44. The van der Waals surface area contributed by atoms with Crippen molar-refractivity contribution in [3.8, 4) is 0 Å². The SMILES string of the molecule is CC.CC(=O)C1CC2C=CC1C2.CC(C)(C)C1CCC(C(=O)Cl)CC1.O=C(Cl)C1CC=CCC1.O=C(Cl)C1CCCC1.O=C(Cl)C1CCCCC1.O=C(Cl)c1ccco1.O=C(Cl)c1cccs1.O=C(Cl)c1ccoc1. The van der Waals surface area contributed by atoms with Crippen LogP contribution in [0.4, 0.5) is 0 Å². The molecule has 0 N–H and O–H groups in total. The molecule has 4 saturated carbocycles. The maximum absolute atomic E-state index is 11.0. The van der Waals surface area contributed by atoms with Gasteiger partial charge in [-0.15, -0.1) is 11.3 Å². The highest BCUT2D eigenvalue weighted by atomic mass is 35.5. The van der Waals surface area contributed by atoms with Gasteiger partial charge in [-0.3, -0.25) is 38.4 Å². The zero-order valence-electron chi connectivity index (χ0n) is 44.0. The van der Waals surface area contributed by atoms with Crippen molar-refractivity contribution in [3.63, 3.8) is 0 Å². The average molecular weight is 1200 g/mol. The molecule has 0 amide bonds. The molecule has 6 aliphatic rings. The van der Waals surface area contributed by atoms with Gasteiger partial charge < -0.3 is 8.83 Å². The average Bonchev–Trinajstić information content (AvgIpc) is 4.26. The fourth-order valence-corrected chi connectivity index (χ4v) is 10.9. The van der Waals surface area contributed by atoms with E-state index in [-0.39, 0.29) is 55.6 Å². The molecule has 2 bridgehead atoms. The molecule has 418 valence electrons. The minimum Gasteiger partial charge on any atom is -0.472 e. The van der Waals surface area contributed by atoms with Crippen LogP contribution >= 0.6 is 92.5 Å². The molecule has 10 nitrogen and oxygen atoms in total. The molecule has 3 aromatic rings. The fourth-order valence-electron chi connectivity index (χ4n) is 9.07. The number of halogens is 7. The van der Waals surface area contributed by atoms with E-state index in [9.17, 15) is 38.4 Å². The molecule has 0 spiro atoms. The highest BCUT2D eigenvalue weighted by molar-refractivity contribution is 7.13. The van der Waals surface area contributed by atoms with E-state index in [1.54, 1.807) is 25.1 Å². The number of hydrogen-bond donors (Lipinski definition) is 0. The van der Waals surface area contributed by atoms with E-state index in [1.807, 2.05) is 25.3 Å². The summed E-state index contributed by atoms with van der Waals surface area (Å²) in [5, 5.41) is -0.187. The molecule has 0 aromatic carbocycles. The quantitative estimate of drug-likeness (QED) is 0.157. The first-order chi connectivity index (χ1) is 35.5. The number of furan rings is 2. The number of Topliss-reactive ketones (excluding diaryl/α,β-unsaturated/α-hetero) is 1. The molecule has 3 heterocycles. The molecule has 4 unspecified atom stereocenters. The van der Waals surface area contributed by atoms with Gasteiger partial charge in [0.25, 0.3) is 15.7 Å². The summed E-state index contributed by atoms with van der Waals surface area (Å²) in [5.41, 5.74) is 0.784. The van der Waals surface area contributed by atoms with Gasteiger partial charge in [-0.1, -0.05) is 97.1 Å². The van der Waals surface area contributed by atoms with Crippen LogP contribution in [-0.2, 0) is 24.0 Å². The normalized spacial score (nSPS) is 22.0. The minimum atomic E-state index is -0.560. The minimum absolute atomic E-state index is 0.0941. The second kappa shape index (κ2) is 39.5. The van der Waals surface area contributed by atoms with Gasteiger partial charge in [-0.05, 0) is 224 Å². The van der Waals surface area contributed by atoms with Crippen molar-refractivity contribution >= 4 is 135 Å². The Bertz CT molecular complexity index is 2070. The number of thiophene rings is 1. The van der Waals surface area contributed by atoms with Crippen LogP contribution in [0.2, 0.25) is 0 Å². The molecule has 75 heavy (non-hydrogen) atoms. The van der Waals surface area contributed by atoms with Crippen LogP contribution in [0.1, 0.15) is 188 Å². The third-order valence-electron chi connectivity index (χ3n) is 13.4. The van der Waals surface area contributed by atoms with Gasteiger partial charge in [-0.25, -0.2) is 0 Å². The number of carbonyl (C=O) groups is 8. The smallest absolute Gasteiger partial charge is 0.287 e. The fraction of sp³-hybridized carbons (Fsp3) is 0.579. The van der Waals surface area contributed by atoms with Crippen molar-refractivity contribution in [1.29, 1.82) is 0 Å². The maximum Gasteiger partial charge on any atom is 0.287 e. The Hall–Kier alpha value is -2.87. The van der Waals surface area contributed by atoms with E-state index < -0.39 is 10.5 Å². The third-order valence-corrected chi connectivity index (χ3v) is 16.3. The van der Waals surface area contributed by atoms with Gasteiger partial charge in [0.1, 0.15) is 12.0 Å². The summed E-state index contributed by atoms with van der Waals surface area (Å²) in [7, 11) is 0. The van der Waals surface area contributed by atoms with Gasteiger partial charge in [0.05, 0.1) is 23.0 Å². The van der Waals surface area contributed by atoms with Crippen molar-refractivity contribution in [2.24, 2.45) is 52.8 Å². The monoisotopic (exact) mass is 1200 g/mol. The van der Waals surface area contributed by atoms with Crippen LogP contribution < -0.4 is 0 Å². The Balaban J connectivity index is 0.000000429. The third kappa shape index (κ3) is 30.2. The molecule has 9 rings (SSSR count). The molecular formula is C57H75Cl7O10S. The first kappa shape index (κ1) is 70.1. The zero-order valence-corrected chi connectivity index (χ0v) is 50.1. The Morgan fingerprint density at radius 2 is 1.12 bits per heavy atom. The lowest BCUT2D eigenvalue weighted by Crippen LogP contribution is -2.27. The number of hydrogen-bond acceptors (Lipinski definition) is 11. The van der Waals surface area contributed by atoms with Crippen LogP contribution in [0.5, 0.6) is 0 Å². The second-order valence-electron chi connectivity index (χ2n) is 19.7. The van der Waals surface area contributed by atoms with Gasteiger partial charge >= 0.3 is 0 Å². The first-order valence-corrected chi connectivity index (χ1v) is 29.3. The zero-order chi connectivity index (χ0) is 56.5. The van der Waals surface area contributed by atoms with Crippen LogP contribution in [0.15, 0.2) is 87.6 Å². The van der Waals surface area contributed by atoms with Crippen LogP contribution in [-0.4, -0.2) is 42.5 Å². The lowest BCUT2D eigenvalue weighted by atomic mass is 9.70. The van der Waals surface area contributed by atoms with Crippen LogP contribution in [0, 0.1) is 52.8 Å². The lowest BCUT2D eigenvalue weighted by molar-refractivity contribution is -0.121. The molecule has 4 atom stereocenters. The molecule has 18 heteroatoms. The lowest BCUT2D eigenvalue weighted by Gasteiger charge is -2.35. The van der Waals surface area contributed by atoms with Gasteiger partial charge in [0, 0.05) is 29.6 Å². The molecular weight excluding hydrogens is 1120 g/mol. The van der Waals surface area contributed by atoms with E-state index in [4.69, 9.17) is 81.2 Å². The van der Waals surface area contributed by atoms with Crippen molar-refractivity contribution in [2.75, 3.05) is 0 Å². The topological polar surface area (TPSA) is 163 Å². The van der Waals surface area contributed by atoms with Crippen molar-refractivity contribution in [1.82, 2.24) is 0 Å². The van der Waals surface area contributed by atoms with Crippen LogP contribution in [0.25, 0.3) is 0 Å². The van der Waals surface area contributed by atoms with E-state index >= 15 is 0 Å². The Kier molecular flexibility index (Phi) is 36.9. The molecule has 0 aliphatic heterocycles. The summed E-state index contributed by atoms with van der Waals surface area (Å²) in [5.74, 6) is 3.65. The summed E-state index contributed by atoms with van der Waals surface area (Å²) < 4.78 is 9.18. The van der Waals surface area contributed by atoms with E-state index in [0.717, 1.165) is 88.9 Å². The van der Waals surface area contributed by atoms with Gasteiger partial charge in [-0.2, -0.15) is 0 Å². The summed E-state index contributed by atoms with van der Waals surface area (Å²) in [6.45, 7) is 12.6. The molecule has 4 fully saturated rings. The Morgan fingerprint density at radius 1 is 0.573 bits per heavy atom. The summed E-state index contributed by atoms with van der Waals surface area (Å²) >= 11 is 37.8. The maximum atomic E-state index is 11.0. The van der Waals surface area contributed by atoms with Crippen molar-refractivity contribution in [2.45, 2.75) is 157 Å². The predicted molar refractivity (Wildman–Crippen MR) is 307 cm³/mol. The van der Waals surface area contributed by atoms with Gasteiger partial charge in [0.15, 0.2) is 5.76 Å². The van der Waals surface area contributed by atoms with Crippen molar-refractivity contribution < 1.29 is 47.2 Å². The van der Waals surface area contributed by atoms with E-state index in [1.165, 1.54) is 80.8 Å². The number of rotatable bonds is 8. The number of ketones is 1. The Labute approximate surface area is 483 Å². The summed E-state index contributed by atoms with van der Waals surface area (Å²) in [6, 6.07) is 8.11. The Morgan fingerprint density at radius 3 is 1.39 bits per heavy atom. The first-order valence-electron chi connectivity index (χ1n) is 25.8. The number of carbonyl (C=O) groups excluding carboxylic acids is 8. The molecule has 0 radical (unpaired) electrons. The highest BCUT2D eigenvalue weighted by Gasteiger charge is 2.38. The predicted octanol–water partition coefficient (Wildman–Crippen LogP) is 18.2. The molecule has 3 aromatic heterocycles. The summed E-state index contributed by atoms with van der Waals surface area (Å²) in [4.78, 5) is 84.7. The summed E-state index contributed by atoms with van der Waals surface area (Å²) in [6.07, 6.45) is 32.2. The number of allylic oxidation sites excluding steroid dienone is 4. The molecule has 0 saturated heterocycles. The van der Waals surface area contributed by atoms with E-state index in [0.29, 0.717) is 33.5 Å². The second-order valence-corrected chi connectivity index (χ2v) is 23.2. The van der Waals surface area contributed by atoms with Crippen LogP contribution in [0.3, 0.4) is 0 Å². The van der Waals surface area contributed by atoms with Gasteiger partial charge in [0.2, 0.25) is 21.0 Å². The van der Waals surface area contributed by atoms with E-state index in [2.05, 4.69) is 47.8 Å².